The Bertz CT molecular complexity index is 452. The number of phenols is 1. The van der Waals surface area contributed by atoms with Gasteiger partial charge in [0, 0.05) is 10.7 Å². The van der Waals surface area contributed by atoms with E-state index in [4.69, 9.17) is 11.6 Å². The van der Waals surface area contributed by atoms with Gasteiger partial charge in [0.2, 0.25) is 0 Å². The largest absolute Gasteiger partial charge is 1.00 e. The molecule has 0 saturated carbocycles. The minimum atomic E-state index is -3.43. The molecule has 0 aromatic heterocycles. The minimum Gasteiger partial charge on any atom is -1.00 e. The number of rotatable bonds is 1. The van der Waals surface area contributed by atoms with Crippen molar-refractivity contribution in [1.29, 1.82) is 0 Å². The van der Waals surface area contributed by atoms with Crippen LogP contribution in [0, 0.1) is 0 Å². The van der Waals surface area contributed by atoms with Gasteiger partial charge in [0.05, 0.1) is 5.02 Å². The van der Waals surface area contributed by atoms with Gasteiger partial charge in [0.1, 0.15) is 4.90 Å². The van der Waals surface area contributed by atoms with Crippen LogP contribution in [0.25, 0.3) is 0 Å². The zero-order valence-electron chi connectivity index (χ0n) is 8.58. The van der Waals surface area contributed by atoms with E-state index in [2.05, 4.69) is 15.9 Å². The number of phenolic OH excluding ortho intramolecular Hbond substituents is 1. The molecule has 0 spiro atoms. The van der Waals surface area contributed by atoms with Crippen LogP contribution in [0.5, 0.6) is 5.75 Å². The molecule has 1 aromatic rings. The summed E-state index contributed by atoms with van der Waals surface area (Å²) in [6.07, 6.45) is 1.01. The summed E-state index contributed by atoms with van der Waals surface area (Å²) in [7, 11) is -3.43. The number of benzene rings is 1. The normalized spacial score (nSPS) is 10.8. The van der Waals surface area contributed by atoms with Gasteiger partial charge in [-0.05, 0) is 28.1 Å². The fourth-order valence-corrected chi connectivity index (χ4v) is 2.13. The molecule has 14 heavy (non-hydrogen) atoms. The van der Waals surface area contributed by atoms with Gasteiger partial charge in [0.25, 0.3) is 0 Å². The molecule has 0 aliphatic heterocycles. The Morgan fingerprint density at radius 1 is 1.50 bits per heavy atom. The minimum absolute atomic E-state index is 0. The first-order chi connectivity index (χ1) is 5.84. The van der Waals surface area contributed by atoms with Crippen LogP contribution in [0.1, 0.15) is 1.43 Å². The number of hydrogen-bond acceptors (Lipinski definition) is 3. The Balaban J connectivity index is 0. The fourth-order valence-electron chi connectivity index (χ4n) is 0.821. The molecule has 1 N–H and O–H groups in total. The third-order valence-electron chi connectivity index (χ3n) is 1.43. The van der Waals surface area contributed by atoms with Gasteiger partial charge in [0.15, 0.2) is 15.6 Å². The SMILES string of the molecule is CS(=O)(=O)c1ccc(Br)c(Cl)c1O.[H-].[Na+]. The predicted octanol–water partition coefficient (Wildman–Crippen LogP) is -0.672. The second-order valence-corrected chi connectivity index (χ2v) is 5.70. The van der Waals surface area contributed by atoms with E-state index in [1.807, 2.05) is 0 Å². The predicted molar refractivity (Wildman–Crippen MR) is 55.0 cm³/mol. The van der Waals surface area contributed by atoms with Crippen LogP contribution in [0.3, 0.4) is 0 Å². The molecule has 0 saturated heterocycles. The molecular weight excluding hydrogens is 302 g/mol. The molecule has 0 bridgehead atoms. The van der Waals surface area contributed by atoms with Gasteiger partial charge < -0.3 is 6.53 Å². The van der Waals surface area contributed by atoms with Crippen LogP contribution in [0.15, 0.2) is 21.5 Å². The molecule has 1 rings (SSSR count). The molecule has 0 fully saturated rings. The summed E-state index contributed by atoms with van der Waals surface area (Å²) in [4.78, 5) is -0.166. The van der Waals surface area contributed by atoms with Crippen LogP contribution < -0.4 is 29.6 Å². The van der Waals surface area contributed by atoms with Crippen LogP contribution >= 0.6 is 27.5 Å². The van der Waals surface area contributed by atoms with Crippen LogP contribution in [-0.4, -0.2) is 19.8 Å². The first-order valence-electron chi connectivity index (χ1n) is 3.21. The van der Waals surface area contributed by atoms with E-state index in [9.17, 15) is 13.5 Å². The van der Waals surface area contributed by atoms with E-state index in [0.717, 1.165) is 6.26 Å². The summed E-state index contributed by atoms with van der Waals surface area (Å²) in [5, 5.41) is 9.38. The van der Waals surface area contributed by atoms with Crippen molar-refractivity contribution < 1.29 is 44.5 Å². The van der Waals surface area contributed by atoms with Crippen molar-refractivity contribution >= 4 is 37.4 Å². The summed E-state index contributed by atoms with van der Waals surface area (Å²) in [6, 6.07) is 2.76. The van der Waals surface area contributed by atoms with Crippen molar-refractivity contribution in [2.45, 2.75) is 4.90 Å². The Labute approximate surface area is 119 Å². The molecular formula is C7H7BrClNaO3S. The average Bonchev–Trinajstić information content (AvgIpc) is 1.98. The van der Waals surface area contributed by atoms with E-state index in [1.54, 1.807) is 0 Å². The van der Waals surface area contributed by atoms with Crippen molar-refractivity contribution in [2.24, 2.45) is 0 Å². The van der Waals surface area contributed by atoms with Crippen molar-refractivity contribution in [2.75, 3.05) is 6.26 Å². The third kappa shape index (κ3) is 3.12. The molecule has 0 aliphatic carbocycles. The standard InChI is InChI=1S/C7H6BrClO3S.Na.H/c1-13(11,12)5-3-2-4(8)6(9)7(5)10;;/h2-3,10H,1H3;;/q;+1;-1. The second-order valence-electron chi connectivity index (χ2n) is 2.48. The maximum absolute atomic E-state index is 11.1. The molecule has 3 nitrogen and oxygen atoms in total. The van der Waals surface area contributed by atoms with Crippen LogP contribution in [0.4, 0.5) is 0 Å². The Kier molecular flexibility index (Phi) is 5.46. The zero-order valence-corrected chi connectivity index (χ0v) is 12.7. The molecule has 0 atom stereocenters. The van der Waals surface area contributed by atoms with Crippen molar-refractivity contribution in [3.05, 3.63) is 21.6 Å². The summed E-state index contributed by atoms with van der Waals surface area (Å²) in [5.74, 6) is -0.418. The summed E-state index contributed by atoms with van der Waals surface area (Å²) in [5.41, 5.74) is 0. The molecule has 0 unspecified atom stereocenters. The average molecular weight is 310 g/mol. The molecule has 7 heteroatoms. The second kappa shape index (κ2) is 5.18. The van der Waals surface area contributed by atoms with Gasteiger partial charge in [-0.1, -0.05) is 11.6 Å². The van der Waals surface area contributed by atoms with E-state index >= 15 is 0 Å². The monoisotopic (exact) mass is 308 g/mol. The van der Waals surface area contributed by atoms with Gasteiger partial charge in [-0.2, -0.15) is 0 Å². The summed E-state index contributed by atoms with van der Waals surface area (Å²) in [6.45, 7) is 0. The van der Waals surface area contributed by atoms with Crippen LogP contribution in [0.2, 0.25) is 5.02 Å². The van der Waals surface area contributed by atoms with Gasteiger partial charge in [-0.15, -0.1) is 0 Å². The van der Waals surface area contributed by atoms with E-state index in [1.165, 1.54) is 12.1 Å². The van der Waals surface area contributed by atoms with Gasteiger partial charge >= 0.3 is 29.6 Å². The first kappa shape index (κ1) is 14.7. The molecule has 1 aromatic carbocycles. The van der Waals surface area contributed by atoms with Gasteiger partial charge in [-0.25, -0.2) is 8.42 Å². The maximum Gasteiger partial charge on any atom is 1.00 e. The topological polar surface area (TPSA) is 54.4 Å². The van der Waals surface area contributed by atoms with Crippen molar-refractivity contribution in [3.8, 4) is 5.75 Å². The summed E-state index contributed by atoms with van der Waals surface area (Å²) < 4.78 is 22.6. The fraction of sp³-hybridized carbons (Fsp3) is 0.143. The number of hydrogen-bond donors (Lipinski definition) is 1. The smallest absolute Gasteiger partial charge is 1.00 e. The van der Waals surface area contributed by atoms with Crippen molar-refractivity contribution in [3.63, 3.8) is 0 Å². The Morgan fingerprint density at radius 3 is 2.43 bits per heavy atom. The Hall–Kier alpha value is 0.740. The van der Waals surface area contributed by atoms with E-state index in [0.29, 0.717) is 4.47 Å². The first-order valence-corrected chi connectivity index (χ1v) is 6.27. The van der Waals surface area contributed by atoms with E-state index < -0.39 is 15.6 Å². The van der Waals surface area contributed by atoms with Crippen LogP contribution in [-0.2, 0) is 9.84 Å². The van der Waals surface area contributed by atoms with E-state index in [-0.39, 0.29) is 40.9 Å². The molecule has 0 amide bonds. The van der Waals surface area contributed by atoms with Crippen molar-refractivity contribution in [1.82, 2.24) is 0 Å². The Morgan fingerprint density at radius 2 is 2.00 bits per heavy atom. The molecule has 74 valence electrons. The molecule has 0 heterocycles. The quantitative estimate of drug-likeness (QED) is 0.700. The number of sulfone groups is 1. The number of halogens is 2. The van der Waals surface area contributed by atoms with Gasteiger partial charge in [-0.3, -0.25) is 0 Å². The maximum atomic E-state index is 11.1. The third-order valence-corrected chi connectivity index (χ3v) is 3.83. The number of aromatic hydroxyl groups is 1. The summed E-state index contributed by atoms with van der Waals surface area (Å²) >= 11 is 8.69. The molecule has 0 aliphatic rings. The zero-order chi connectivity index (χ0) is 10.2. The molecule has 0 radical (unpaired) electrons.